The third-order valence-corrected chi connectivity index (χ3v) is 8.89. The van der Waals surface area contributed by atoms with E-state index in [2.05, 4.69) is 20.8 Å². The van der Waals surface area contributed by atoms with Crippen molar-refractivity contribution >= 4 is 11.6 Å². The first-order chi connectivity index (χ1) is 21.3. The molecule has 6 nitrogen and oxygen atoms in total. The van der Waals surface area contributed by atoms with Gasteiger partial charge in [-0.25, -0.2) is 8.78 Å². The quantitative estimate of drug-likeness (QED) is 0.153. The molecule has 2 aliphatic rings. The van der Waals surface area contributed by atoms with Crippen molar-refractivity contribution in [2.75, 3.05) is 33.0 Å². The Morgan fingerprint density at radius 2 is 1.57 bits per heavy atom. The summed E-state index contributed by atoms with van der Waals surface area (Å²) in [7, 11) is 0. The lowest BCUT2D eigenvalue weighted by Gasteiger charge is -2.51. The number of hydrogen-bond acceptors (Lipinski definition) is 6. The van der Waals surface area contributed by atoms with Gasteiger partial charge in [0.05, 0.1) is 13.2 Å². The van der Waals surface area contributed by atoms with Crippen LogP contribution in [0.15, 0.2) is 36.4 Å². The van der Waals surface area contributed by atoms with Gasteiger partial charge in [0.1, 0.15) is 24.5 Å². The van der Waals surface area contributed by atoms with Crippen LogP contribution in [-0.4, -0.2) is 63.1 Å². The molecule has 0 N–H and O–H groups in total. The molecule has 2 fully saturated rings. The van der Waals surface area contributed by atoms with Gasteiger partial charge in [-0.2, -0.15) is 0 Å². The van der Waals surface area contributed by atoms with Gasteiger partial charge in [0.2, 0.25) is 5.79 Å². The number of fused-ring (bicyclic) bond motifs is 2. The van der Waals surface area contributed by atoms with Gasteiger partial charge in [-0.05, 0) is 74.9 Å². The normalized spacial score (nSPS) is 27.0. The summed E-state index contributed by atoms with van der Waals surface area (Å²) >= 11 is 6.69. The lowest BCUT2D eigenvalue weighted by atomic mass is 9.80. The molecule has 2 aromatic rings. The van der Waals surface area contributed by atoms with Gasteiger partial charge < -0.3 is 28.4 Å². The molecule has 2 bridgehead atoms. The molecule has 0 aromatic heterocycles. The molecule has 0 spiro atoms. The molecule has 0 amide bonds. The molecule has 2 aliphatic heterocycles. The van der Waals surface area contributed by atoms with Gasteiger partial charge >= 0.3 is 0 Å². The van der Waals surface area contributed by atoms with Crippen molar-refractivity contribution in [3.8, 4) is 5.75 Å². The Bertz CT molecular complexity index is 1200. The van der Waals surface area contributed by atoms with Gasteiger partial charge in [0.15, 0.2) is 17.2 Å². The van der Waals surface area contributed by atoms with Crippen molar-refractivity contribution in [2.24, 2.45) is 0 Å². The van der Waals surface area contributed by atoms with E-state index in [0.29, 0.717) is 43.4 Å². The van der Waals surface area contributed by atoms with Crippen molar-refractivity contribution in [2.45, 2.75) is 115 Å². The summed E-state index contributed by atoms with van der Waals surface area (Å²) in [5.74, 6) is -1.69. The van der Waals surface area contributed by atoms with Crippen molar-refractivity contribution in [1.29, 1.82) is 0 Å². The predicted molar refractivity (Wildman–Crippen MR) is 168 cm³/mol. The Kier molecular flexibility index (Phi) is 12.9. The highest BCUT2D eigenvalue weighted by molar-refractivity contribution is 6.31. The molecule has 9 heteroatoms. The van der Waals surface area contributed by atoms with Gasteiger partial charge in [0.25, 0.3) is 0 Å². The lowest BCUT2D eigenvalue weighted by molar-refractivity contribution is -0.352. The molecule has 1 unspecified atom stereocenters. The summed E-state index contributed by atoms with van der Waals surface area (Å²) < 4.78 is 68.8. The van der Waals surface area contributed by atoms with Crippen LogP contribution in [0.5, 0.6) is 5.75 Å². The highest BCUT2D eigenvalue weighted by Crippen LogP contribution is 2.54. The van der Waals surface area contributed by atoms with Crippen LogP contribution in [0.3, 0.4) is 0 Å². The summed E-state index contributed by atoms with van der Waals surface area (Å²) in [5, 5.41) is 0.512. The molecule has 44 heavy (non-hydrogen) atoms. The minimum Gasteiger partial charge on any atom is -0.491 e. The minimum atomic E-state index is -1.46. The number of unbranched alkanes of at least 4 members (excludes halogenated alkanes) is 3. The second-order valence-electron chi connectivity index (χ2n) is 11.8. The smallest absolute Gasteiger partial charge is 0.225 e. The van der Waals surface area contributed by atoms with Crippen molar-refractivity contribution in [3.63, 3.8) is 0 Å². The molecule has 246 valence electrons. The molecule has 0 saturated carbocycles. The SMILES string of the molecule is CCCCO[C@@H]1[C@@H](OCCCC)[C@@]2(c3ccc(Cl)c(Cc4ccc(OCC)c(F)c4)c3)OC[C@](C(C)F)(O2)[C@H]1OCCCC. The molecular formula is C35H49ClF2O6. The third kappa shape index (κ3) is 7.42. The molecule has 4 rings (SSSR count). The number of ether oxygens (including phenoxy) is 6. The van der Waals surface area contributed by atoms with Crippen molar-refractivity contribution in [1.82, 2.24) is 0 Å². The molecule has 6 atom stereocenters. The summed E-state index contributed by atoms with van der Waals surface area (Å²) in [6, 6.07) is 10.4. The molecule has 0 radical (unpaired) electrons. The number of halogens is 3. The fraction of sp³-hybridized carbons (Fsp3) is 0.657. The van der Waals surface area contributed by atoms with Crippen LogP contribution in [0, 0.1) is 5.82 Å². The molecule has 2 aromatic carbocycles. The van der Waals surface area contributed by atoms with Crippen molar-refractivity contribution < 1.29 is 37.2 Å². The topological polar surface area (TPSA) is 55.4 Å². The summed E-state index contributed by atoms with van der Waals surface area (Å²) in [5.41, 5.74) is 0.723. The zero-order valence-electron chi connectivity index (χ0n) is 26.8. The minimum absolute atomic E-state index is 0.0230. The average Bonchev–Trinajstić information content (AvgIpc) is 3.38. The number of hydrogen-bond donors (Lipinski definition) is 0. The fourth-order valence-electron chi connectivity index (χ4n) is 5.99. The van der Waals surface area contributed by atoms with Gasteiger partial charge in [-0.15, -0.1) is 0 Å². The van der Waals surface area contributed by atoms with E-state index in [0.717, 1.165) is 49.7 Å². The molecular weight excluding hydrogens is 590 g/mol. The van der Waals surface area contributed by atoms with Crippen LogP contribution in [0.2, 0.25) is 5.02 Å². The van der Waals surface area contributed by atoms with Crippen LogP contribution in [0.25, 0.3) is 0 Å². The standard InChI is InChI=1S/C35H49ClF2O6/c1-6-10-17-40-31-32(41-18-11-7-2)34(24(5)37)23-43-35(44-34,33(31)42-19-12-8-3)27-14-15-28(36)26(22-27)20-25-13-16-30(39-9-4)29(38)21-25/h13-16,21-22,24,31-33H,6-12,17-20,23H2,1-5H3/t24?,31-,32-,33+,34+,35-/m0/s1. The van der Waals surface area contributed by atoms with Gasteiger partial charge in [-0.1, -0.05) is 63.8 Å². The highest BCUT2D eigenvalue weighted by atomic mass is 35.5. The Morgan fingerprint density at radius 3 is 2.18 bits per heavy atom. The Morgan fingerprint density at radius 1 is 0.909 bits per heavy atom. The second-order valence-corrected chi connectivity index (χ2v) is 12.2. The van der Waals surface area contributed by atoms with Crippen LogP contribution < -0.4 is 4.74 Å². The fourth-order valence-corrected chi connectivity index (χ4v) is 6.17. The van der Waals surface area contributed by atoms with E-state index in [1.807, 2.05) is 25.1 Å². The van der Waals surface area contributed by atoms with E-state index >= 15 is 4.39 Å². The number of alkyl halides is 1. The van der Waals surface area contributed by atoms with E-state index in [1.54, 1.807) is 12.1 Å². The zero-order chi connectivity index (χ0) is 31.7. The van der Waals surface area contributed by atoms with Crippen LogP contribution in [0.4, 0.5) is 8.78 Å². The first kappa shape index (κ1) is 35.1. The van der Waals surface area contributed by atoms with Crippen LogP contribution in [-0.2, 0) is 35.9 Å². The maximum Gasteiger partial charge on any atom is 0.225 e. The molecule has 0 aliphatic carbocycles. The first-order valence-electron chi connectivity index (χ1n) is 16.3. The molecule has 2 saturated heterocycles. The van der Waals surface area contributed by atoms with Crippen LogP contribution >= 0.6 is 11.6 Å². The van der Waals surface area contributed by atoms with E-state index in [4.69, 9.17) is 40.0 Å². The predicted octanol–water partition coefficient (Wildman–Crippen LogP) is 8.33. The maximum absolute atomic E-state index is 15.8. The molecule has 2 heterocycles. The van der Waals surface area contributed by atoms with Crippen LogP contribution in [0.1, 0.15) is 89.8 Å². The number of rotatable bonds is 18. The van der Waals surface area contributed by atoms with E-state index in [9.17, 15) is 4.39 Å². The first-order valence-corrected chi connectivity index (χ1v) is 16.7. The number of benzene rings is 2. The largest absolute Gasteiger partial charge is 0.491 e. The monoisotopic (exact) mass is 638 g/mol. The zero-order valence-corrected chi connectivity index (χ0v) is 27.6. The van der Waals surface area contributed by atoms with Crippen molar-refractivity contribution in [3.05, 3.63) is 63.9 Å². The van der Waals surface area contributed by atoms with Gasteiger partial charge in [-0.3, -0.25) is 0 Å². The Balaban J connectivity index is 1.77. The summed E-state index contributed by atoms with van der Waals surface area (Å²) in [6.07, 6.45) is 2.18. The second kappa shape index (κ2) is 16.1. The third-order valence-electron chi connectivity index (χ3n) is 8.52. The summed E-state index contributed by atoms with van der Waals surface area (Å²) in [4.78, 5) is 0. The summed E-state index contributed by atoms with van der Waals surface area (Å²) in [6.45, 7) is 11.3. The lowest BCUT2D eigenvalue weighted by Crippen LogP contribution is -2.69. The van der Waals surface area contributed by atoms with E-state index < -0.39 is 41.7 Å². The van der Waals surface area contributed by atoms with E-state index in [1.165, 1.54) is 13.0 Å². The Labute approximate surface area is 266 Å². The van der Waals surface area contributed by atoms with Gasteiger partial charge in [0, 0.05) is 30.4 Å². The maximum atomic E-state index is 15.8. The average molecular weight is 639 g/mol. The highest BCUT2D eigenvalue weighted by Gasteiger charge is 2.71. The Hall–Kier alpha value is -1.81. The van der Waals surface area contributed by atoms with E-state index in [-0.39, 0.29) is 12.4 Å².